The molecule has 3 heteroatoms. The number of rotatable bonds is 1. The van der Waals surface area contributed by atoms with Crippen LogP contribution >= 0.6 is 0 Å². The fourth-order valence-corrected chi connectivity index (χ4v) is 1.26. The third kappa shape index (κ3) is 4.24. The summed E-state index contributed by atoms with van der Waals surface area (Å²) in [6, 6.07) is 13.3. The van der Waals surface area contributed by atoms with Gasteiger partial charge in [0, 0.05) is 0 Å². The van der Waals surface area contributed by atoms with Crippen LogP contribution in [0.15, 0.2) is 60.9 Å². The number of benzene rings is 2. The second kappa shape index (κ2) is 6.16. The van der Waals surface area contributed by atoms with Crippen molar-refractivity contribution in [2.24, 2.45) is 0 Å². The van der Waals surface area contributed by atoms with E-state index in [0.29, 0.717) is 5.75 Å². The highest BCUT2D eigenvalue weighted by Crippen LogP contribution is 2.18. The molecule has 0 unspecified atom stereocenters. The molecule has 0 saturated carbocycles. The molecule has 0 saturated heterocycles. The summed E-state index contributed by atoms with van der Waals surface area (Å²) in [6.45, 7) is 3.04. The van der Waals surface area contributed by atoms with E-state index in [1.165, 1.54) is 0 Å². The summed E-state index contributed by atoms with van der Waals surface area (Å²) < 4.78 is 0. The van der Waals surface area contributed by atoms with Gasteiger partial charge >= 0.3 is 5.97 Å². The molecule has 0 aromatic heterocycles. The zero-order chi connectivity index (χ0) is 12.7. The largest absolute Gasteiger partial charge is 0.508 e. The molecule has 0 bridgehead atoms. The number of phenols is 1. The average molecular weight is 228 g/mol. The van der Waals surface area contributed by atoms with E-state index in [0.717, 1.165) is 16.8 Å². The van der Waals surface area contributed by atoms with Gasteiger partial charge in [-0.25, -0.2) is 4.79 Å². The molecule has 2 rings (SSSR count). The van der Waals surface area contributed by atoms with Crippen molar-refractivity contribution in [1.29, 1.82) is 0 Å². The highest BCUT2D eigenvalue weighted by molar-refractivity contribution is 5.83. The summed E-state index contributed by atoms with van der Waals surface area (Å²) in [5.41, 5.74) is 2.09. The molecule has 17 heavy (non-hydrogen) atoms. The van der Waals surface area contributed by atoms with E-state index >= 15 is 0 Å². The van der Waals surface area contributed by atoms with Crippen molar-refractivity contribution in [3.63, 3.8) is 0 Å². The summed E-state index contributed by atoms with van der Waals surface area (Å²) >= 11 is 0. The smallest absolute Gasteiger partial charge is 0.336 e. The van der Waals surface area contributed by atoms with E-state index in [9.17, 15) is 4.79 Å². The van der Waals surface area contributed by atoms with Crippen LogP contribution in [0.2, 0.25) is 0 Å². The molecule has 0 heterocycles. The summed E-state index contributed by atoms with van der Waals surface area (Å²) in [7, 11) is 0. The molecule has 0 radical (unpaired) electrons. The lowest BCUT2D eigenvalue weighted by Gasteiger charge is -1.96. The molecule has 0 atom stereocenters. The molecule has 2 aromatic carbocycles. The topological polar surface area (TPSA) is 57.5 Å². The van der Waals surface area contributed by atoms with Crippen LogP contribution in [0.4, 0.5) is 0 Å². The number of phenolic OH excluding ortho intramolecular Hbond substituents is 1. The van der Waals surface area contributed by atoms with E-state index < -0.39 is 5.97 Å². The van der Waals surface area contributed by atoms with Gasteiger partial charge in [0.2, 0.25) is 0 Å². The van der Waals surface area contributed by atoms with E-state index in [2.05, 4.69) is 12.3 Å². The minimum atomic E-state index is -1.01. The number of carbonyl (C=O) groups is 1. The molecule has 2 N–H and O–H groups in total. The van der Waals surface area contributed by atoms with Gasteiger partial charge in [-0.15, -0.1) is 5.73 Å². The number of hydrogen-bond acceptors (Lipinski definition) is 2. The van der Waals surface area contributed by atoms with Gasteiger partial charge in [-0.1, -0.05) is 36.9 Å². The van der Waals surface area contributed by atoms with Crippen LogP contribution in [0.25, 0.3) is 10.8 Å². The van der Waals surface area contributed by atoms with Crippen molar-refractivity contribution >= 4 is 16.7 Å². The van der Waals surface area contributed by atoms with E-state index in [-0.39, 0.29) is 0 Å². The van der Waals surface area contributed by atoms with Crippen LogP contribution < -0.4 is 0 Å². The average Bonchev–Trinajstić information content (AvgIpc) is 2.29. The molecule has 0 aliphatic rings. The number of hydrogen-bond donors (Lipinski definition) is 2. The summed E-state index contributed by atoms with van der Waals surface area (Å²) in [6.07, 6.45) is 0.847. The molecule has 2 aromatic rings. The van der Waals surface area contributed by atoms with Gasteiger partial charge in [0.1, 0.15) is 5.75 Å². The quantitative estimate of drug-likeness (QED) is 0.582. The van der Waals surface area contributed by atoms with Crippen molar-refractivity contribution < 1.29 is 15.0 Å². The number of carboxylic acid groups (broad SMARTS) is 1. The number of carboxylic acids is 1. The minimum absolute atomic E-state index is 0.323. The summed E-state index contributed by atoms with van der Waals surface area (Å²) in [5, 5.41) is 19.1. The standard InChI is InChI=1S/C10H8O.C4H4O2/c11-10-6-5-8-3-1-2-4-9(8)7-10;1-2-3-4(5)6/h1-7,11H;3H,1H2,(H,5,6). The Balaban J connectivity index is 0.000000209. The Kier molecular flexibility index (Phi) is 4.55. The zero-order valence-corrected chi connectivity index (χ0v) is 9.13. The Labute approximate surface area is 98.9 Å². The molecule has 86 valence electrons. The summed E-state index contributed by atoms with van der Waals surface area (Å²) in [5.74, 6) is -0.686. The third-order valence-electron chi connectivity index (χ3n) is 1.96. The van der Waals surface area contributed by atoms with Crippen molar-refractivity contribution in [2.45, 2.75) is 0 Å². The molecule has 0 aliphatic heterocycles. The van der Waals surface area contributed by atoms with Crippen LogP contribution in [0.1, 0.15) is 0 Å². The molecule has 3 nitrogen and oxygen atoms in total. The Morgan fingerprint density at radius 1 is 1.18 bits per heavy atom. The van der Waals surface area contributed by atoms with Crippen molar-refractivity contribution in [1.82, 2.24) is 0 Å². The van der Waals surface area contributed by atoms with E-state index in [4.69, 9.17) is 10.2 Å². The van der Waals surface area contributed by atoms with E-state index in [1.54, 1.807) is 12.1 Å². The molecule has 0 aliphatic carbocycles. The van der Waals surface area contributed by atoms with Gasteiger partial charge in [-0.3, -0.25) is 0 Å². The van der Waals surface area contributed by atoms with Gasteiger partial charge in [0.25, 0.3) is 0 Å². The van der Waals surface area contributed by atoms with E-state index in [1.807, 2.05) is 30.3 Å². The third-order valence-corrected chi connectivity index (χ3v) is 1.96. The fourth-order valence-electron chi connectivity index (χ4n) is 1.26. The lowest BCUT2D eigenvalue weighted by atomic mass is 10.1. The molecule has 0 fully saturated rings. The van der Waals surface area contributed by atoms with Crippen LogP contribution in [-0.2, 0) is 4.79 Å². The fraction of sp³-hybridized carbons (Fsp3) is 0. The monoisotopic (exact) mass is 228 g/mol. The van der Waals surface area contributed by atoms with Crippen LogP contribution in [0.5, 0.6) is 5.75 Å². The first-order chi connectivity index (χ1) is 8.13. The molecular formula is C14H12O3. The van der Waals surface area contributed by atoms with Crippen molar-refractivity contribution in [2.75, 3.05) is 0 Å². The SMILES string of the molecule is C=C=CC(=O)O.Oc1ccc2ccccc2c1. The van der Waals surface area contributed by atoms with Crippen LogP contribution in [0, 0.1) is 0 Å². The van der Waals surface area contributed by atoms with Crippen LogP contribution in [0.3, 0.4) is 0 Å². The Bertz CT molecular complexity index is 566. The first-order valence-corrected chi connectivity index (χ1v) is 4.90. The zero-order valence-electron chi connectivity index (χ0n) is 9.13. The lowest BCUT2D eigenvalue weighted by molar-refractivity contribution is -0.131. The number of fused-ring (bicyclic) bond motifs is 1. The second-order valence-electron chi connectivity index (χ2n) is 3.22. The molecule has 0 amide bonds. The first kappa shape index (κ1) is 12.6. The second-order valence-corrected chi connectivity index (χ2v) is 3.22. The summed E-state index contributed by atoms with van der Waals surface area (Å²) in [4.78, 5) is 9.44. The number of aliphatic carboxylic acids is 1. The maximum Gasteiger partial charge on any atom is 0.336 e. The predicted octanol–water partition coefficient (Wildman–Crippen LogP) is 2.96. The van der Waals surface area contributed by atoms with Crippen molar-refractivity contribution in [3.05, 3.63) is 60.9 Å². The Morgan fingerprint density at radius 2 is 1.82 bits per heavy atom. The Hall–Kier alpha value is -2.51. The maximum absolute atomic E-state index is 9.44. The highest BCUT2D eigenvalue weighted by Gasteiger charge is 1.91. The Morgan fingerprint density at radius 3 is 2.35 bits per heavy atom. The van der Waals surface area contributed by atoms with Gasteiger partial charge in [0.15, 0.2) is 0 Å². The van der Waals surface area contributed by atoms with Gasteiger partial charge in [-0.2, -0.15) is 0 Å². The van der Waals surface area contributed by atoms with Gasteiger partial charge < -0.3 is 10.2 Å². The number of aromatic hydroxyl groups is 1. The van der Waals surface area contributed by atoms with Crippen LogP contribution in [-0.4, -0.2) is 16.2 Å². The van der Waals surface area contributed by atoms with Gasteiger partial charge in [-0.05, 0) is 22.9 Å². The van der Waals surface area contributed by atoms with Gasteiger partial charge in [0.05, 0.1) is 6.08 Å². The van der Waals surface area contributed by atoms with Crippen molar-refractivity contribution in [3.8, 4) is 5.75 Å². The molecule has 0 spiro atoms. The molecular weight excluding hydrogens is 216 g/mol. The normalized spacial score (nSPS) is 8.71. The maximum atomic E-state index is 9.44. The highest BCUT2D eigenvalue weighted by atomic mass is 16.4. The lowest BCUT2D eigenvalue weighted by Crippen LogP contribution is -1.82. The predicted molar refractivity (Wildman–Crippen MR) is 67.0 cm³/mol. The minimum Gasteiger partial charge on any atom is -0.508 e. The first-order valence-electron chi connectivity index (χ1n) is 4.90.